The van der Waals surface area contributed by atoms with Gasteiger partial charge in [0, 0.05) is 6.07 Å². The lowest BCUT2D eigenvalue weighted by Crippen LogP contribution is -2.38. The molecule has 80 valence electrons. The average Bonchev–Trinajstić information content (AvgIpc) is 2.22. The van der Waals surface area contributed by atoms with E-state index < -0.39 is 5.82 Å². The summed E-state index contributed by atoms with van der Waals surface area (Å²) in [5.74, 6) is -0.376. The summed E-state index contributed by atoms with van der Waals surface area (Å²) in [7, 11) is 0. The first-order chi connectivity index (χ1) is 7.22. The number of rotatable bonds is 2. The number of ether oxygens (including phenoxy) is 1. The molecule has 0 radical (unpaired) electrons. The molecule has 0 aromatic heterocycles. The Morgan fingerprint density at radius 2 is 2.40 bits per heavy atom. The van der Waals surface area contributed by atoms with Crippen molar-refractivity contribution >= 4 is 11.6 Å². The Hall–Kier alpha value is -1.62. The van der Waals surface area contributed by atoms with Crippen LogP contribution in [0.3, 0.4) is 0 Å². The number of hydrogen-bond donors (Lipinski definition) is 0. The third-order valence-corrected chi connectivity index (χ3v) is 1.98. The summed E-state index contributed by atoms with van der Waals surface area (Å²) in [5.41, 5.74) is 0.439. The number of hydroxylamine groups is 1. The van der Waals surface area contributed by atoms with Crippen LogP contribution in [-0.2, 0) is 9.63 Å². The number of amides is 1. The van der Waals surface area contributed by atoms with Gasteiger partial charge in [-0.05, 0) is 19.1 Å². The normalized spacial score (nSPS) is 14.8. The molecule has 0 fully saturated rings. The van der Waals surface area contributed by atoms with Crippen LogP contribution in [0.2, 0.25) is 0 Å². The molecule has 1 aliphatic rings. The van der Waals surface area contributed by atoms with Crippen LogP contribution in [0.4, 0.5) is 10.1 Å². The Bertz CT molecular complexity index is 394. The monoisotopic (exact) mass is 211 g/mol. The predicted molar refractivity (Wildman–Crippen MR) is 51.0 cm³/mol. The number of anilines is 1. The molecule has 1 aromatic rings. The van der Waals surface area contributed by atoms with Crippen LogP contribution in [0.25, 0.3) is 0 Å². The van der Waals surface area contributed by atoms with Crippen molar-refractivity contribution < 1.29 is 18.8 Å². The first-order valence-corrected chi connectivity index (χ1v) is 4.60. The van der Waals surface area contributed by atoms with E-state index >= 15 is 0 Å². The zero-order valence-electron chi connectivity index (χ0n) is 8.20. The summed E-state index contributed by atoms with van der Waals surface area (Å²) in [6, 6.07) is 3.94. The highest BCUT2D eigenvalue weighted by Crippen LogP contribution is 2.32. The van der Waals surface area contributed by atoms with Crippen LogP contribution >= 0.6 is 0 Å². The molecule has 1 heterocycles. The Morgan fingerprint density at radius 3 is 3.13 bits per heavy atom. The number of hydrogen-bond acceptors (Lipinski definition) is 3. The first kappa shape index (κ1) is 9.92. The van der Waals surface area contributed by atoms with Crippen LogP contribution in [0, 0.1) is 5.82 Å². The molecule has 0 atom stereocenters. The van der Waals surface area contributed by atoms with Crippen molar-refractivity contribution in [3.63, 3.8) is 0 Å². The second-order valence-corrected chi connectivity index (χ2v) is 3.01. The van der Waals surface area contributed by atoms with E-state index in [1.54, 1.807) is 6.92 Å². The van der Waals surface area contributed by atoms with E-state index in [1.807, 2.05) is 0 Å². The van der Waals surface area contributed by atoms with Gasteiger partial charge >= 0.3 is 0 Å². The molecule has 0 unspecified atom stereocenters. The largest absolute Gasteiger partial charge is 0.481 e. The summed E-state index contributed by atoms with van der Waals surface area (Å²) in [4.78, 5) is 16.6. The van der Waals surface area contributed by atoms with E-state index in [9.17, 15) is 9.18 Å². The number of halogens is 1. The van der Waals surface area contributed by atoms with Crippen LogP contribution in [-0.4, -0.2) is 19.1 Å². The standard InChI is InChI=1S/C10H10FNO3/c1-2-15-12-8-4-3-7(11)5-9(8)14-6-10(12)13/h3-5H,2,6H2,1H3. The van der Waals surface area contributed by atoms with Crippen molar-refractivity contribution in [3.8, 4) is 5.75 Å². The number of nitrogens with zero attached hydrogens (tertiary/aromatic N) is 1. The smallest absolute Gasteiger partial charge is 0.288 e. The second-order valence-electron chi connectivity index (χ2n) is 3.01. The summed E-state index contributed by atoms with van der Waals surface area (Å²) in [6.45, 7) is 2.00. The second kappa shape index (κ2) is 3.86. The number of benzene rings is 1. The first-order valence-electron chi connectivity index (χ1n) is 4.60. The van der Waals surface area contributed by atoms with Gasteiger partial charge in [-0.25, -0.2) is 4.39 Å². The Morgan fingerprint density at radius 1 is 1.60 bits per heavy atom. The van der Waals surface area contributed by atoms with Crippen molar-refractivity contribution in [1.29, 1.82) is 0 Å². The number of carbonyl (C=O) groups excluding carboxylic acids is 1. The van der Waals surface area contributed by atoms with Crippen LogP contribution in [0.5, 0.6) is 5.75 Å². The average molecular weight is 211 g/mol. The van der Waals surface area contributed by atoms with Gasteiger partial charge in [-0.1, -0.05) is 0 Å². The zero-order valence-corrected chi connectivity index (χ0v) is 8.20. The van der Waals surface area contributed by atoms with Crippen molar-refractivity contribution in [2.24, 2.45) is 0 Å². The van der Waals surface area contributed by atoms with Crippen LogP contribution in [0.1, 0.15) is 6.92 Å². The highest BCUT2D eigenvalue weighted by atomic mass is 19.1. The summed E-state index contributed by atoms with van der Waals surface area (Å²) < 4.78 is 18.0. The van der Waals surface area contributed by atoms with Gasteiger partial charge in [0.2, 0.25) is 0 Å². The highest BCUT2D eigenvalue weighted by Gasteiger charge is 2.26. The molecule has 0 bridgehead atoms. The van der Waals surface area contributed by atoms with Crippen LogP contribution < -0.4 is 9.80 Å². The molecule has 0 N–H and O–H groups in total. The highest BCUT2D eigenvalue weighted by molar-refractivity contribution is 5.95. The molecular weight excluding hydrogens is 201 g/mol. The summed E-state index contributed by atoms with van der Waals surface area (Å²) in [6.07, 6.45) is 0. The fourth-order valence-corrected chi connectivity index (χ4v) is 1.37. The van der Waals surface area contributed by atoms with Crippen molar-refractivity contribution in [2.75, 3.05) is 18.3 Å². The third kappa shape index (κ3) is 1.78. The fourth-order valence-electron chi connectivity index (χ4n) is 1.37. The predicted octanol–water partition coefficient (Wildman–Crippen LogP) is 1.50. The van der Waals surface area contributed by atoms with Gasteiger partial charge < -0.3 is 4.74 Å². The minimum absolute atomic E-state index is 0.129. The van der Waals surface area contributed by atoms with E-state index in [0.29, 0.717) is 18.0 Å². The Kier molecular flexibility index (Phi) is 2.55. The lowest BCUT2D eigenvalue weighted by atomic mass is 10.2. The minimum atomic E-state index is -0.403. The molecule has 5 heteroatoms. The lowest BCUT2D eigenvalue weighted by Gasteiger charge is -2.27. The van der Waals surface area contributed by atoms with E-state index in [4.69, 9.17) is 9.57 Å². The van der Waals surface area contributed by atoms with Gasteiger partial charge in [-0.3, -0.25) is 9.63 Å². The van der Waals surface area contributed by atoms with Gasteiger partial charge in [0.15, 0.2) is 6.61 Å². The molecule has 1 amide bonds. The summed E-state index contributed by atoms with van der Waals surface area (Å²) in [5, 5.41) is 1.14. The third-order valence-electron chi connectivity index (χ3n) is 1.98. The van der Waals surface area contributed by atoms with Crippen LogP contribution in [0.15, 0.2) is 18.2 Å². The fraction of sp³-hybridized carbons (Fsp3) is 0.300. The SMILES string of the molecule is CCON1C(=O)COc2cc(F)ccc21. The van der Waals surface area contributed by atoms with E-state index in [0.717, 1.165) is 5.06 Å². The topological polar surface area (TPSA) is 38.8 Å². The molecular formula is C10H10FNO3. The zero-order chi connectivity index (χ0) is 10.8. The molecule has 1 aromatic carbocycles. The lowest BCUT2D eigenvalue weighted by molar-refractivity contribution is -0.129. The number of fused-ring (bicyclic) bond motifs is 1. The quantitative estimate of drug-likeness (QED) is 0.744. The molecule has 0 saturated heterocycles. The molecule has 0 saturated carbocycles. The van der Waals surface area contributed by atoms with Gasteiger partial charge in [-0.2, -0.15) is 5.06 Å². The molecule has 4 nitrogen and oxygen atoms in total. The Labute approximate surface area is 86.2 Å². The van der Waals surface area contributed by atoms with Crippen molar-refractivity contribution in [2.45, 2.75) is 6.92 Å². The molecule has 0 aliphatic carbocycles. The van der Waals surface area contributed by atoms with Crippen molar-refractivity contribution in [1.82, 2.24) is 0 Å². The number of carbonyl (C=O) groups is 1. The van der Waals surface area contributed by atoms with Gasteiger partial charge in [-0.15, -0.1) is 0 Å². The summed E-state index contributed by atoms with van der Waals surface area (Å²) >= 11 is 0. The molecule has 1 aliphatic heterocycles. The molecule has 2 rings (SSSR count). The van der Waals surface area contributed by atoms with Gasteiger partial charge in [0.05, 0.1) is 6.61 Å². The maximum absolute atomic E-state index is 12.9. The molecule has 15 heavy (non-hydrogen) atoms. The maximum atomic E-state index is 12.9. The van der Waals surface area contributed by atoms with Gasteiger partial charge in [0.1, 0.15) is 17.3 Å². The van der Waals surface area contributed by atoms with Crippen molar-refractivity contribution in [3.05, 3.63) is 24.0 Å². The Balaban J connectivity index is 2.39. The maximum Gasteiger partial charge on any atom is 0.288 e. The van der Waals surface area contributed by atoms with E-state index in [2.05, 4.69) is 0 Å². The van der Waals surface area contributed by atoms with Gasteiger partial charge in [0.25, 0.3) is 5.91 Å². The van der Waals surface area contributed by atoms with E-state index in [-0.39, 0.29) is 12.5 Å². The minimum Gasteiger partial charge on any atom is -0.481 e. The van der Waals surface area contributed by atoms with E-state index in [1.165, 1.54) is 18.2 Å². The molecule has 0 spiro atoms.